The molecule has 1 aromatic carbocycles. The van der Waals surface area contributed by atoms with Gasteiger partial charge in [0.1, 0.15) is 12.4 Å². The summed E-state index contributed by atoms with van der Waals surface area (Å²) in [6.45, 7) is 5.03. The highest BCUT2D eigenvalue weighted by molar-refractivity contribution is 5.74. The summed E-state index contributed by atoms with van der Waals surface area (Å²) in [5.41, 5.74) is 1.31. The van der Waals surface area contributed by atoms with E-state index in [2.05, 4.69) is 4.90 Å². The second-order valence-corrected chi connectivity index (χ2v) is 5.44. The van der Waals surface area contributed by atoms with E-state index in [4.69, 9.17) is 9.84 Å². The number of carbonyl (C=O) groups is 1. The maximum absolute atomic E-state index is 11.1. The number of nitrogens with zero attached hydrogens (tertiary/aromatic N) is 1. The van der Waals surface area contributed by atoms with Gasteiger partial charge in [-0.05, 0) is 38.0 Å². The standard InChI is InChI=1S/C14H19NO3/c1-14(2,13(16)17)9-10-4-5-11-12(8-10)18-7-6-15(11)3/h4-5,8H,6-7,9H2,1-3H3,(H,16,17). The highest BCUT2D eigenvalue weighted by Crippen LogP contribution is 2.33. The molecule has 0 aromatic heterocycles. The van der Waals surface area contributed by atoms with E-state index in [1.807, 2.05) is 25.2 Å². The third-order valence-electron chi connectivity index (χ3n) is 3.34. The lowest BCUT2D eigenvalue weighted by Gasteiger charge is -2.28. The third-order valence-corrected chi connectivity index (χ3v) is 3.34. The van der Waals surface area contributed by atoms with Gasteiger partial charge in [0.2, 0.25) is 0 Å². The van der Waals surface area contributed by atoms with Crippen LogP contribution in [0.5, 0.6) is 5.75 Å². The number of anilines is 1. The molecule has 0 amide bonds. The van der Waals surface area contributed by atoms with E-state index in [-0.39, 0.29) is 0 Å². The second-order valence-electron chi connectivity index (χ2n) is 5.44. The van der Waals surface area contributed by atoms with Gasteiger partial charge in [-0.25, -0.2) is 0 Å². The van der Waals surface area contributed by atoms with Crippen LogP contribution in [-0.4, -0.2) is 31.3 Å². The Morgan fingerprint density at radius 1 is 1.50 bits per heavy atom. The van der Waals surface area contributed by atoms with Crippen molar-refractivity contribution in [1.29, 1.82) is 0 Å². The zero-order valence-corrected chi connectivity index (χ0v) is 11.1. The van der Waals surface area contributed by atoms with Gasteiger partial charge in [-0.1, -0.05) is 6.07 Å². The summed E-state index contributed by atoms with van der Waals surface area (Å²) in [5, 5.41) is 9.14. The third kappa shape index (κ3) is 2.42. The van der Waals surface area contributed by atoms with Crippen LogP contribution < -0.4 is 9.64 Å². The van der Waals surface area contributed by atoms with Crippen molar-refractivity contribution in [3.63, 3.8) is 0 Å². The van der Waals surface area contributed by atoms with Crippen LogP contribution in [0.4, 0.5) is 5.69 Å². The largest absolute Gasteiger partial charge is 0.490 e. The summed E-state index contributed by atoms with van der Waals surface area (Å²) < 4.78 is 5.62. The molecular formula is C14H19NO3. The first-order valence-corrected chi connectivity index (χ1v) is 6.10. The lowest BCUT2D eigenvalue weighted by molar-refractivity contribution is -0.146. The van der Waals surface area contributed by atoms with Crippen LogP contribution >= 0.6 is 0 Å². The van der Waals surface area contributed by atoms with Gasteiger partial charge in [0, 0.05) is 7.05 Å². The van der Waals surface area contributed by atoms with E-state index >= 15 is 0 Å². The number of fused-ring (bicyclic) bond motifs is 1. The molecular weight excluding hydrogens is 230 g/mol. The van der Waals surface area contributed by atoms with Crippen LogP contribution in [0.15, 0.2) is 18.2 Å². The van der Waals surface area contributed by atoms with Crippen LogP contribution in [-0.2, 0) is 11.2 Å². The minimum absolute atomic E-state index is 0.503. The molecule has 0 saturated heterocycles. The van der Waals surface area contributed by atoms with E-state index in [9.17, 15) is 4.79 Å². The van der Waals surface area contributed by atoms with Crippen LogP contribution in [0, 0.1) is 5.41 Å². The Labute approximate surface area is 107 Å². The molecule has 4 heteroatoms. The normalized spacial score (nSPS) is 14.9. The molecule has 1 heterocycles. The highest BCUT2D eigenvalue weighted by atomic mass is 16.5. The number of likely N-dealkylation sites (N-methyl/N-ethyl adjacent to an activating group) is 1. The molecule has 0 atom stereocenters. The van der Waals surface area contributed by atoms with Gasteiger partial charge in [-0.15, -0.1) is 0 Å². The van der Waals surface area contributed by atoms with Crippen LogP contribution in [0.1, 0.15) is 19.4 Å². The molecule has 18 heavy (non-hydrogen) atoms. The number of carboxylic acid groups (broad SMARTS) is 1. The first-order valence-electron chi connectivity index (χ1n) is 6.10. The first kappa shape index (κ1) is 12.7. The summed E-state index contributed by atoms with van der Waals surface area (Å²) >= 11 is 0. The van der Waals surface area contributed by atoms with Gasteiger partial charge in [-0.3, -0.25) is 4.79 Å². The number of rotatable bonds is 3. The first-order chi connectivity index (χ1) is 8.40. The number of aliphatic carboxylic acids is 1. The molecule has 1 aliphatic heterocycles. The summed E-state index contributed by atoms with van der Waals surface area (Å²) in [5.74, 6) is 0.0701. The number of ether oxygens (including phenoxy) is 1. The van der Waals surface area contributed by atoms with Crippen molar-refractivity contribution in [3.05, 3.63) is 23.8 Å². The summed E-state index contributed by atoms with van der Waals surface area (Å²) in [6, 6.07) is 5.94. The van der Waals surface area contributed by atoms with Gasteiger partial charge < -0.3 is 14.7 Å². The molecule has 1 aromatic rings. The lowest BCUT2D eigenvalue weighted by atomic mass is 9.86. The van der Waals surface area contributed by atoms with Gasteiger partial charge in [0.15, 0.2) is 0 Å². The fourth-order valence-corrected chi connectivity index (χ4v) is 2.10. The summed E-state index contributed by atoms with van der Waals surface area (Å²) in [6.07, 6.45) is 0.503. The van der Waals surface area contributed by atoms with E-state index in [1.54, 1.807) is 13.8 Å². The van der Waals surface area contributed by atoms with Gasteiger partial charge >= 0.3 is 5.97 Å². The minimum Gasteiger partial charge on any atom is -0.490 e. The van der Waals surface area contributed by atoms with E-state index in [0.717, 1.165) is 23.5 Å². The van der Waals surface area contributed by atoms with Crippen molar-refractivity contribution in [2.45, 2.75) is 20.3 Å². The Balaban J connectivity index is 2.24. The van der Waals surface area contributed by atoms with Crippen molar-refractivity contribution in [2.24, 2.45) is 5.41 Å². The molecule has 0 radical (unpaired) electrons. The maximum atomic E-state index is 11.1. The molecule has 0 spiro atoms. The van der Waals surface area contributed by atoms with Crippen molar-refractivity contribution in [2.75, 3.05) is 25.1 Å². The predicted molar refractivity (Wildman–Crippen MR) is 70.3 cm³/mol. The number of hydrogen-bond acceptors (Lipinski definition) is 3. The minimum atomic E-state index is -0.779. The fourth-order valence-electron chi connectivity index (χ4n) is 2.10. The molecule has 2 rings (SSSR count). The molecule has 0 bridgehead atoms. The predicted octanol–water partition coefficient (Wildman–Crippen LogP) is 2.17. The van der Waals surface area contributed by atoms with Gasteiger partial charge in [0.25, 0.3) is 0 Å². The van der Waals surface area contributed by atoms with Crippen molar-refractivity contribution in [1.82, 2.24) is 0 Å². The fraction of sp³-hybridized carbons (Fsp3) is 0.500. The summed E-state index contributed by atoms with van der Waals surface area (Å²) in [7, 11) is 2.03. The van der Waals surface area contributed by atoms with Gasteiger partial charge in [-0.2, -0.15) is 0 Å². The molecule has 98 valence electrons. The second kappa shape index (κ2) is 4.52. The zero-order valence-electron chi connectivity index (χ0n) is 11.1. The van der Waals surface area contributed by atoms with Crippen molar-refractivity contribution >= 4 is 11.7 Å². The van der Waals surface area contributed by atoms with Crippen molar-refractivity contribution in [3.8, 4) is 5.75 Å². The van der Waals surface area contributed by atoms with E-state index < -0.39 is 11.4 Å². The van der Waals surface area contributed by atoms with Crippen LogP contribution in [0.25, 0.3) is 0 Å². The Hall–Kier alpha value is -1.71. The Bertz CT molecular complexity index is 468. The summed E-state index contributed by atoms with van der Waals surface area (Å²) in [4.78, 5) is 13.3. The molecule has 0 aliphatic carbocycles. The monoisotopic (exact) mass is 249 g/mol. The Morgan fingerprint density at radius 3 is 2.89 bits per heavy atom. The average Bonchev–Trinajstić information content (AvgIpc) is 2.28. The number of hydrogen-bond donors (Lipinski definition) is 1. The highest BCUT2D eigenvalue weighted by Gasteiger charge is 2.28. The Kier molecular flexibility index (Phi) is 3.20. The smallest absolute Gasteiger partial charge is 0.309 e. The molecule has 0 saturated carbocycles. The lowest BCUT2D eigenvalue weighted by Crippen LogP contribution is -2.29. The molecule has 4 nitrogen and oxygen atoms in total. The van der Waals surface area contributed by atoms with E-state index in [1.165, 1.54) is 0 Å². The number of benzene rings is 1. The maximum Gasteiger partial charge on any atom is 0.309 e. The van der Waals surface area contributed by atoms with Crippen LogP contribution in [0.3, 0.4) is 0 Å². The molecule has 1 aliphatic rings. The molecule has 0 fully saturated rings. The van der Waals surface area contributed by atoms with Crippen molar-refractivity contribution < 1.29 is 14.6 Å². The molecule has 1 N–H and O–H groups in total. The Morgan fingerprint density at radius 2 is 2.22 bits per heavy atom. The van der Waals surface area contributed by atoms with Crippen LogP contribution in [0.2, 0.25) is 0 Å². The van der Waals surface area contributed by atoms with E-state index in [0.29, 0.717) is 13.0 Å². The quantitative estimate of drug-likeness (QED) is 0.892. The zero-order chi connectivity index (χ0) is 13.3. The molecule has 0 unspecified atom stereocenters. The SMILES string of the molecule is CN1CCOc2cc(CC(C)(C)C(=O)O)ccc21. The van der Waals surface area contributed by atoms with Gasteiger partial charge in [0.05, 0.1) is 17.6 Å². The number of carboxylic acids is 1. The average molecular weight is 249 g/mol. The topological polar surface area (TPSA) is 49.8 Å².